The smallest absolute Gasteiger partial charge is 0.220 e. The standard InChI is InChI=1S/C16H26N4O4S/c1-9-11(10(2)20(3)18-9)5-6-13(21)17-14-12-7-8-24-16(12)15(14)19-25(4,22)23/h12,14-16,19H,5-8H2,1-4H3,(H,17,21)/t12-,14+,15-,16-/m1/s1. The van der Waals surface area contributed by atoms with Gasteiger partial charge in [0.15, 0.2) is 0 Å². The van der Waals surface area contributed by atoms with Crippen molar-refractivity contribution < 1.29 is 17.9 Å². The van der Waals surface area contributed by atoms with Gasteiger partial charge in [-0.25, -0.2) is 13.1 Å². The fourth-order valence-corrected chi connectivity index (χ4v) is 4.74. The first kappa shape index (κ1) is 18.3. The maximum absolute atomic E-state index is 12.4. The summed E-state index contributed by atoms with van der Waals surface area (Å²) in [5, 5.41) is 7.37. The number of carbonyl (C=O) groups excluding carboxylic acids is 1. The third-order valence-electron chi connectivity index (χ3n) is 5.32. The van der Waals surface area contributed by atoms with Gasteiger partial charge in [0, 0.05) is 31.7 Å². The maximum atomic E-state index is 12.4. The van der Waals surface area contributed by atoms with E-state index in [4.69, 9.17) is 4.74 Å². The van der Waals surface area contributed by atoms with E-state index in [-0.39, 0.29) is 30.0 Å². The van der Waals surface area contributed by atoms with Crippen LogP contribution >= 0.6 is 0 Å². The van der Waals surface area contributed by atoms with Gasteiger partial charge in [0.2, 0.25) is 15.9 Å². The Morgan fingerprint density at radius 1 is 1.36 bits per heavy atom. The van der Waals surface area contributed by atoms with Crippen molar-refractivity contribution >= 4 is 15.9 Å². The van der Waals surface area contributed by atoms with Gasteiger partial charge in [-0.15, -0.1) is 0 Å². The predicted molar refractivity (Wildman–Crippen MR) is 92.5 cm³/mol. The molecule has 2 fully saturated rings. The number of nitrogens with zero attached hydrogens (tertiary/aromatic N) is 2. The van der Waals surface area contributed by atoms with E-state index in [2.05, 4.69) is 15.1 Å². The summed E-state index contributed by atoms with van der Waals surface area (Å²) in [5.74, 6) is 0.114. The van der Waals surface area contributed by atoms with E-state index in [1.165, 1.54) is 0 Å². The Labute approximate surface area is 148 Å². The number of ether oxygens (including phenoxy) is 1. The third kappa shape index (κ3) is 3.73. The van der Waals surface area contributed by atoms with Gasteiger partial charge in [-0.05, 0) is 32.3 Å². The number of carbonyl (C=O) groups is 1. The van der Waals surface area contributed by atoms with Crippen LogP contribution in [0.1, 0.15) is 29.8 Å². The van der Waals surface area contributed by atoms with E-state index in [0.717, 1.165) is 29.6 Å². The monoisotopic (exact) mass is 370 g/mol. The molecule has 2 aliphatic rings. The molecule has 0 aromatic carbocycles. The molecule has 1 saturated heterocycles. The van der Waals surface area contributed by atoms with Crippen molar-refractivity contribution in [3.63, 3.8) is 0 Å². The molecule has 4 atom stereocenters. The van der Waals surface area contributed by atoms with Gasteiger partial charge in [0.25, 0.3) is 0 Å². The van der Waals surface area contributed by atoms with Gasteiger partial charge in [0.05, 0.1) is 30.1 Å². The van der Waals surface area contributed by atoms with Crippen LogP contribution in [0.25, 0.3) is 0 Å². The highest BCUT2D eigenvalue weighted by molar-refractivity contribution is 7.88. The maximum Gasteiger partial charge on any atom is 0.220 e. The van der Waals surface area contributed by atoms with E-state index in [0.29, 0.717) is 19.4 Å². The van der Waals surface area contributed by atoms with Crippen molar-refractivity contribution in [1.82, 2.24) is 19.8 Å². The molecule has 0 unspecified atom stereocenters. The number of sulfonamides is 1. The molecule has 1 aliphatic carbocycles. The molecule has 0 radical (unpaired) electrons. The second kappa shape index (κ2) is 6.69. The fraction of sp³-hybridized carbons (Fsp3) is 0.750. The minimum Gasteiger partial charge on any atom is -0.376 e. The number of rotatable bonds is 6. The van der Waals surface area contributed by atoms with Crippen LogP contribution in [0.15, 0.2) is 0 Å². The Bertz CT molecular complexity index is 773. The molecule has 1 aromatic rings. The molecule has 1 amide bonds. The minimum absolute atomic E-state index is 0.0710. The highest BCUT2D eigenvalue weighted by Gasteiger charge is 2.55. The molecular formula is C16H26N4O4S. The summed E-state index contributed by atoms with van der Waals surface area (Å²) < 4.78 is 33.1. The molecule has 0 bridgehead atoms. The zero-order valence-electron chi connectivity index (χ0n) is 15.1. The molecule has 1 aliphatic heterocycles. The largest absolute Gasteiger partial charge is 0.376 e. The third-order valence-corrected chi connectivity index (χ3v) is 6.02. The van der Waals surface area contributed by atoms with Crippen LogP contribution in [0.3, 0.4) is 0 Å². The lowest BCUT2D eigenvalue weighted by atomic mass is 9.72. The molecule has 25 heavy (non-hydrogen) atoms. The molecule has 1 saturated carbocycles. The highest BCUT2D eigenvalue weighted by atomic mass is 32.2. The van der Waals surface area contributed by atoms with Gasteiger partial charge < -0.3 is 10.1 Å². The normalized spacial score (nSPS) is 28.5. The number of nitrogens with one attached hydrogen (secondary N) is 2. The Balaban J connectivity index is 1.59. The van der Waals surface area contributed by atoms with Crippen LogP contribution in [-0.2, 0) is 33.0 Å². The summed E-state index contributed by atoms with van der Waals surface area (Å²) in [6.07, 6.45) is 2.82. The SMILES string of the molecule is Cc1nn(C)c(C)c1CCC(=O)N[C@H]1[C@H]2CCO[C@H]2[C@@H]1NS(C)(=O)=O. The summed E-state index contributed by atoms with van der Waals surface area (Å²) in [5.41, 5.74) is 3.10. The molecular weight excluding hydrogens is 344 g/mol. The van der Waals surface area contributed by atoms with Crippen LogP contribution < -0.4 is 10.0 Å². The molecule has 1 aromatic heterocycles. The molecule has 2 heterocycles. The fourth-order valence-electron chi connectivity index (χ4n) is 3.97. The number of aryl methyl sites for hydroxylation is 2. The van der Waals surface area contributed by atoms with Crippen molar-refractivity contribution in [2.45, 2.75) is 51.3 Å². The first-order valence-corrected chi connectivity index (χ1v) is 10.4. The van der Waals surface area contributed by atoms with Crippen LogP contribution in [0.4, 0.5) is 0 Å². The zero-order chi connectivity index (χ0) is 18.4. The molecule has 2 N–H and O–H groups in total. The highest BCUT2D eigenvalue weighted by Crippen LogP contribution is 2.39. The van der Waals surface area contributed by atoms with Crippen molar-refractivity contribution in [1.29, 1.82) is 0 Å². The Morgan fingerprint density at radius 2 is 2.08 bits per heavy atom. The summed E-state index contributed by atoms with van der Waals surface area (Å²) in [6.45, 7) is 4.54. The molecule has 9 heteroatoms. The number of hydrogen-bond donors (Lipinski definition) is 2. The average Bonchev–Trinajstić information content (AvgIpc) is 3.03. The molecule has 0 spiro atoms. The second-order valence-corrected chi connectivity index (χ2v) is 8.85. The first-order chi connectivity index (χ1) is 11.7. The molecule has 8 nitrogen and oxygen atoms in total. The zero-order valence-corrected chi connectivity index (χ0v) is 15.9. The topological polar surface area (TPSA) is 102 Å². The van der Waals surface area contributed by atoms with E-state index in [1.807, 2.05) is 25.6 Å². The molecule has 140 valence electrons. The lowest BCUT2D eigenvalue weighted by molar-refractivity contribution is -0.125. The van der Waals surface area contributed by atoms with Gasteiger partial charge in [-0.1, -0.05) is 0 Å². The summed E-state index contributed by atoms with van der Waals surface area (Å²) in [6, 6.07) is -0.584. The van der Waals surface area contributed by atoms with E-state index < -0.39 is 10.0 Å². The first-order valence-electron chi connectivity index (χ1n) is 8.54. The summed E-state index contributed by atoms with van der Waals surface area (Å²) >= 11 is 0. The quantitative estimate of drug-likeness (QED) is 0.721. The lowest BCUT2D eigenvalue weighted by Crippen LogP contribution is -2.70. The Morgan fingerprint density at radius 3 is 2.68 bits per heavy atom. The van der Waals surface area contributed by atoms with Gasteiger partial charge in [0.1, 0.15) is 0 Å². The predicted octanol–water partition coefficient (Wildman–Crippen LogP) is -0.209. The summed E-state index contributed by atoms with van der Waals surface area (Å²) in [4.78, 5) is 12.4. The number of amides is 1. The summed E-state index contributed by atoms with van der Waals surface area (Å²) in [7, 11) is -1.46. The van der Waals surface area contributed by atoms with Crippen molar-refractivity contribution in [2.24, 2.45) is 13.0 Å². The van der Waals surface area contributed by atoms with E-state index in [1.54, 1.807) is 0 Å². The van der Waals surface area contributed by atoms with Gasteiger partial charge >= 0.3 is 0 Å². The van der Waals surface area contributed by atoms with Crippen molar-refractivity contribution in [2.75, 3.05) is 12.9 Å². The number of hydrogen-bond acceptors (Lipinski definition) is 5. The Kier molecular flexibility index (Phi) is 4.91. The second-order valence-electron chi connectivity index (χ2n) is 7.07. The van der Waals surface area contributed by atoms with Crippen LogP contribution in [0.2, 0.25) is 0 Å². The van der Waals surface area contributed by atoms with Crippen molar-refractivity contribution in [3.05, 3.63) is 17.0 Å². The Hall–Kier alpha value is -1.45. The number of fused-ring (bicyclic) bond motifs is 1. The van der Waals surface area contributed by atoms with Gasteiger partial charge in [-0.2, -0.15) is 5.10 Å². The average molecular weight is 370 g/mol. The molecule has 3 rings (SSSR count). The van der Waals surface area contributed by atoms with Crippen LogP contribution in [-0.4, -0.2) is 55.2 Å². The van der Waals surface area contributed by atoms with Crippen LogP contribution in [0, 0.1) is 19.8 Å². The van der Waals surface area contributed by atoms with Gasteiger partial charge in [-0.3, -0.25) is 9.48 Å². The van der Waals surface area contributed by atoms with Crippen molar-refractivity contribution in [3.8, 4) is 0 Å². The number of aromatic nitrogens is 2. The minimum atomic E-state index is -3.35. The van der Waals surface area contributed by atoms with Crippen LogP contribution in [0.5, 0.6) is 0 Å². The van der Waals surface area contributed by atoms with E-state index >= 15 is 0 Å². The van der Waals surface area contributed by atoms with E-state index in [9.17, 15) is 13.2 Å². The lowest BCUT2D eigenvalue weighted by Gasteiger charge is -2.47.